The van der Waals surface area contributed by atoms with Crippen molar-refractivity contribution in [1.29, 1.82) is 0 Å². The summed E-state index contributed by atoms with van der Waals surface area (Å²) in [4.78, 5) is 17.5. The molecule has 3 aromatic rings. The third-order valence-electron chi connectivity index (χ3n) is 6.39. The number of benzene rings is 1. The monoisotopic (exact) mass is 408 g/mol. The summed E-state index contributed by atoms with van der Waals surface area (Å²) in [6, 6.07) is 9.15. The largest absolute Gasteiger partial charge is 0.379 e. The van der Waals surface area contributed by atoms with Crippen molar-refractivity contribution in [3.05, 3.63) is 51.7 Å². The summed E-state index contributed by atoms with van der Waals surface area (Å²) in [6.07, 6.45) is 1.06. The van der Waals surface area contributed by atoms with E-state index in [9.17, 15) is 0 Å². The fourth-order valence-electron chi connectivity index (χ4n) is 4.57. The van der Waals surface area contributed by atoms with Crippen molar-refractivity contribution in [3.8, 4) is 0 Å². The third-order valence-corrected chi connectivity index (χ3v) is 7.49. The van der Waals surface area contributed by atoms with Gasteiger partial charge in [-0.1, -0.05) is 24.3 Å². The summed E-state index contributed by atoms with van der Waals surface area (Å²) < 4.78 is 5.50. The minimum Gasteiger partial charge on any atom is -0.379 e. The number of fused-ring (bicyclic) bond motifs is 2. The summed E-state index contributed by atoms with van der Waals surface area (Å²) in [5, 5.41) is 1.24. The molecule has 1 atom stereocenters. The second-order valence-electron chi connectivity index (χ2n) is 8.13. The summed E-state index contributed by atoms with van der Waals surface area (Å²) in [6.45, 7) is 12.0. The first-order chi connectivity index (χ1) is 14.1. The first-order valence-corrected chi connectivity index (χ1v) is 11.3. The molecule has 0 saturated carbocycles. The molecule has 2 aliphatic rings. The van der Waals surface area contributed by atoms with Gasteiger partial charge in [0.1, 0.15) is 16.5 Å². The second-order valence-corrected chi connectivity index (χ2v) is 9.34. The van der Waals surface area contributed by atoms with Gasteiger partial charge in [-0.05, 0) is 43.9 Å². The van der Waals surface area contributed by atoms with Crippen LogP contribution in [0.2, 0.25) is 0 Å². The lowest BCUT2D eigenvalue weighted by atomic mass is 9.93. The molecular formula is C23H28N4OS. The van der Waals surface area contributed by atoms with E-state index in [1.54, 1.807) is 11.3 Å². The number of rotatable bonds is 3. The molecule has 1 aromatic carbocycles. The maximum atomic E-state index is 5.50. The van der Waals surface area contributed by atoms with Crippen molar-refractivity contribution in [2.24, 2.45) is 0 Å². The van der Waals surface area contributed by atoms with Crippen molar-refractivity contribution in [2.45, 2.75) is 39.8 Å². The van der Waals surface area contributed by atoms with Crippen LogP contribution in [0.15, 0.2) is 24.3 Å². The Bertz CT molecular complexity index is 1040. The highest BCUT2D eigenvalue weighted by molar-refractivity contribution is 7.18. The molecule has 4 heterocycles. The van der Waals surface area contributed by atoms with E-state index in [0.29, 0.717) is 6.04 Å². The molecule has 1 unspecified atom stereocenters. The van der Waals surface area contributed by atoms with Gasteiger partial charge in [-0.15, -0.1) is 11.3 Å². The van der Waals surface area contributed by atoms with Crippen LogP contribution in [0.25, 0.3) is 10.2 Å². The number of anilines is 1. The molecular weight excluding hydrogens is 380 g/mol. The Morgan fingerprint density at radius 3 is 2.72 bits per heavy atom. The van der Waals surface area contributed by atoms with Crippen molar-refractivity contribution >= 4 is 27.4 Å². The van der Waals surface area contributed by atoms with E-state index in [1.807, 2.05) is 0 Å². The van der Waals surface area contributed by atoms with Crippen LogP contribution < -0.4 is 4.90 Å². The maximum absolute atomic E-state index is 5.50. The molecule has 0 spiro atoms. The molecule has 0 N–H and O–H groups in total. The van der Waals surface area contributed by atoms with Crippen LogP contribution in [0.1, 0.15) is 40.4 Å². The van der Waals surface area contributed by atoms with Crippen LogP contribution in [0.5, 0.6) is 0 Å². The highest BCUT2D eigenvalue weighted by Crippen LogP contribution is 2.40. The Balaban J connectivity index is 1.58. The number of ether oxygens (including phenoxy) is 1. The van der Waals surface area contributed by atoms with Gasteiger partial charge in [0.15, 0.2) is 0 Å². The lowest BCUT2D eigenvalue weighted by molar-refractivity contribution is 0.0331. The average Bonchev–Trinajstić information content (AvgIpc) is 3.02. The van der Waals surface area contributed by atoms with E-state index in [-0.39, 0.29) is 0 Å². The highest BCUT2D eigenvalue weighted by Gasteiger charge is 2.28. The predicted molar refractivity (Wildman–Crippen MR) is 119 cm³/mol. The standard InChI is InChI=1S/C23H28N4OS/c1-15-17(3)29-23-21(15)22(24-20(25-23)14-26-10-12-28-13-11-26)27-9-8-18-6-4-5-7-19(18)16(27)2/h4-7,16H,8-14H2,1-3H3. The Morgan fingerprint density at radius 2 is 1.90 bits per heavy atom. The van der Waals surface area contributed by atoms with Gasteiger partial charge in [-0.25, -0.2) is 9.97 Å². The van der Waals surface area contributed by atoms with Crippen LogP contribution in [-0.4, -0.2) is 47.7 Å². The molecule has 5 rings (SSSR count). The first-order valence-electron chi connectivity index (χ1n) is 10.5. The molecule has 2 aliphatic heterocycles. The van der Waals surface area contributed by atoms with Crippen LogP contribution in [-0.2, 0) is 17.7 Å². The van der Waals surface area contributed by atoms with Gasteiger partial charge in [-0.2, -0.15) is 0 Å². The topological polar surface area (TPSA) is 41.5 Å². The normalized spacial score (nSPS) is 20.2. The SMILES string of the molecule is Cc1sc2nc(CN3CCOCC3)nc(N3CCc4ccccc4C3C)c2c1C. The van der Waals surface area contributed by atoms with Crippen LogP contribution in [0.3, 0.4) is 0 Å². The molecule has 0 aliphatic carbocycles. The van der Waals surface area contributed by atoms with Gasteiger partial charge in [0.25, 0.3) is 0 Å². The fraction of sp³-hybridized carbons (Fsp3) is 0.478. The Morgan fingerprint density at radius 1 is 1.10 bits per heavy atom. The van der Waals surface area contributed by atoms with Crippen molar-refractivity contribution in [1.82, 2.24) is 14.9 Å². The molecule has 5 nitrogen and oxygen atoms in total. The Labute approximate surface area is 176 Å². The van der Waals surface area contributed by atoms with Crippen LogP contribution in [0, 0.1) is 13.8 Å². The quantitative estimate of drug-likeness (QED) is 0.648. The number of nitrogens with zero attached hydrogens (tertiary/aromatic N) is 4. The number of aromatic nitrogens is 2. The zero-order valence-electron chi connectivity index (χ0n) is 17.4. The number of hydrogen-bond donors (Lipinski definition) is 0. The van der Waals surface area contributed by atoms with E-state index < -0.39 is 0 Å². The van der Waals surface area contributed by atoms with Gasteiger partial charge >= 0.3 is 0 Å². The van der Waals surface area contributed by atoms with E-state index in [1.165, 1.54) is 27.0 Å². The molecule has 1 saturated heterocycles. The van der Waals surface area contributed by atoms with Crippen molar-refractivity contribution in [2.75, 3.05) is 37.7 Å². The molecule has 152 valence electrons. The molecule has 0 amide bonds. The summed E-state index contributed by atoms with van der Waals surface area (Å²) in [5.41, 5.74) is 4.21. The lowest BCUT2D eigenvalue weighted by Gasteiger charge is -2.37. The molecule has 0 radical (unpaired) electrons. The zero-order chi connectivity index (χ0) is 20.0. The predicted octanol–water partition coefficient (Wildman–Crippen LogP) is 4.26. The smallest absolute Gasteiger partial charge is 0.146 e. The van der Waals surface area contributed by atoms with E-state index in [2.05, 4.69) is 54.8 Å². The molecule has 29 heavy (non-hydrogen) atoms. The minimum absolute atomic E-state index is 0.314. The highest BCUT2D eigenvalue weighted by atomic mass is 32.1. The lowest BCUT2D eigenvalue weighted by Crippen LogP contribution is -2.37. The fourth-order valence-corrected chi connectivity index (χ4v) is 5.61. The van der Waals surface area contributed by atoms with Gasteiger partial charge < -0.3 is 9.64 Å². The van der Waals surface area contributed by atoms with Crippen molar-refractivity contribution in [3.63, 3.8) is 0 Å². The van der Waals surface area contributed by atoms with E-state index in [0.717, 1.165) is 62.3 Å². The average molecular weight is 409 g/mol. The summed E-state index contributed by atoms with van der Waals surface area (Å²) in [7, 11) is 0. The maximum Gasteiger partial charge on any atom is 0.146 e. The Hall–Kier alpha value is -2.02. The van der Waals surface area contributed by atoms with Gasteiger partial charge in [0, 0.05) is 24.5 Å². The number of thiophene rings is 1. The Kier molecular flexibility index (Phi) is 5.02. The van der Waals surface area contributed by atoms with Crippen LogP contribution >= 0.6 is 11.3 Å². The zero-order valence-corrected chi connectivity index (χ0v) is 18.3. The van der Waals surface area contributed by atoms with Gasteiger partial charge in [-0.3, -0.25) is 4.90 Å². The summed E-state index contributed by atoms with van der Waals surface area (Å²) in [5.74, 6) is 2.05. The van der Waals surface area contributed by atoms with Gasteiger partial charge in [0.2, 0.25) is 0 Å². The number of hydrogen-bond acceptors (Lipinski definition) is 6. The first kappa shape index (κ1) is 19.0. The molecule has 2 aromatic heterocycles. The van der Waals surface area contributed by atoms with Crippen molar-refractivity contribution < 1.29 is 4.74 Å². The van der Waals surface area contributed by atoms with Gasteiger partial charge in [0.05, 0.1) is 31.2 Å². The van der Waals surface area contributed by atoms with E-state index >= 15 is 0 Å². The number of aryl methyl sites for hydroxylation is 2. The van der Waals surface area contributed by atoms with Crippen LogP contribution in [0.4, 0.5) is 5.82 Å². The third kappa shape index (κ3) is 3.43. The van der Waals surface area contributed by atoms with E-state index in [4.69, 9.17) is 14.7 Å². The summed E-state index contributed by atoms with van der Waals surface area (Å²) >= 11 is 1.80. The second kappa shape index (κ2) is 7.67. The molecule has 0 bridgehead atoms. The minimum atomic E-state index is 0.314. The molecule has 1 fully saturated rings. The molecule has 6 heteroatoms. The number of morpholine rings is 1.